The van der Waals surface area contributed by atoms with Gasteiger partial charge in [-0.3, -0.25) is 0 Å². The van der Waals surface area contributed by atoms with Crippen molar-refractivity contribution in [2.45, 2.75) is 105 Å². The largest absolute Gasteiger partial charge is 0.494 e. The highest BCUT2D eigenvalue weighted by Crippen LogP contribution is 2.64. The summed E-state index contributed by atoms with van der Waals surface area (Å²) in [6.07, 6.45) is -10.2. The number of carbonyl (C=O) groups is 2. The summed E-state index contributed by atoms with van der Waals surface area (Å²) in [6, 6.07) is 3.06. The number of halogens is 17. The third kappa shape index (κ3) is 8.31. The summed E-state index contributed by atoms with van der Waals surface area (Å²) in [7, 11) is 0. The number of aromatic carboxylic acids is 2. The molecule has 0 spiro atoms. The van der Waals surface area contributed by atoms with Crippen LogP contribution in [-0.4, -0.2) is 76.4 Å². The number of ether oxygens (including phenoxy) is 1. The highest BCUT2D eigenvalue weighted by atomic mass is 19.4. The Bertz CT molecular complexity index is 1230. The van der Waals surface area contributed by atoms with Crippen molar-refractivity contribution < 1.29 is 99.2 Å². The van der Waals surface area contributed by atoms with Gasteiger partial charge in [0.25, 0.3) is 0 Å². The molecule has 0 aliphatic carbocycles. The van der Waals surface area contributed by atoms with Crippen LogP contribution in [0.15, 0.2) is 18.2 Å². The van der Waals surface area contributed by atoms with Crippen LogP contribution in [0, 0.1) is 0 Å². The van der Waals surface area contributed by atoms with Gasteiger partial charge >= 0.3 is 59.6 Å². The van der Waals surface area contributed by atoms with Gasteiger partial charge in [-0.05, 0) is 31.0 Å². The van der Waals surface area contributed by atoms with Gasteiger partial charge < -0.3 is 14.9 Å². The van der Waals surface area contributed by atoms with Crippen LogP contribution in [-0.2, 0) is 0 Å². The molecule has 1 rings (SSSR count). The molecule has 0 radical (unpaired) electrons. The van der Waals surface area contributed by atoms with E-state index < -0.39 is 78.8 Å². The van der Waals surface area contributed by atoms with Crippen LogP contribution in [0.2, 0.25) is 0 Å². The Hall–Kier alpha value is -3.23. The maximum absolute atomic E-state index is 13.9. The fourth-order valence-electron chi connectivity index (χ4n) is 3.98. The van der Waals surface area contributed by atoms with Crippen LogP contribution in [0.3, 0.4) is 0 Å². The molecule has 1 aromatic rings. The van der Waals surface area contributed by atoms with E-state index in [0.29, 0.717) is 25.7 Å². The first-order chi connectivity index (χ1) is 21.4. The second-order valence-corrected chi connectivity index (χ2v) is 10.4. The summed E-state index contributed by atoms with van der Waals surface area (Å²) in [5, 5.41) is 18.0. The van der Waals surface area contributed by atoms with Crippen LogP contribution in [0.4, 0.5) is 74.6 Å². The average molecular weight is 740 g/mol. The lowest BCUT2D eigenvalue weighted by atomic mass is 9.87. The fourth-order valence-corrected chi connectivity index (χ4v) is 3.98. The molecule has 0 fully saturated rings. The molecule has 2 N–H and O–H groups in total. The summed E-state index contributed by atoms with van der Waals surface area (Å²) >= 11 is 0. The molecule has 0 aliphatic rings. The molecule has 48 heavy (non-hydrogen) atoms. The Labute approximate surface area is 259 Å². The zero-order valence-corrected chi connectivity index (χ0v) is 23.8. The third-order valence-electron chi connectivity index (χ3n) is 6.84. The first-order valence-electron chi connectivity index (χ1n) is 13.4. The first kappa shape index (κ1) is 42.8. The second-order valence-electron chi connectivity index (χ2n) is 10.4. The lowest BCUT2D eigenvalue weighted by Gasteiger charge is -2.42. The van der Waals surface area contributed by atoms with E-state index >= 15 is 0 Å². The zero-order chi connectivity index (χ0) is 37.8. The average Bonchev–Trinajstić information content (AvgIpc) is 2.94. The number of carboxylic acid groups (broad SMARTS) is 2. The number of hydrogen-bond donors (Lipinski definition) is 2. The molecule has 0 saturated heterocycles. The molecule has 0 atom stereocenters. The lowest BCUT2D eigenvalue weighted by molar-refractivity contribution is -0.461. The van der Waals surface area contributed by atoms with E-state index in [9.17, 15) is 84.2 Å². The van der Waals surface area contributed by atoms with Gasteiger partial charge in [-0.15, -0.1) is 0 Å². The zero-order valence-electron chi connectivity index (χ0n) is 23.8. The highest BCUT2D eigenvalue weighted by Gasteiger charge is 2.95. The Kier molecular flexibility index (Phi) is 13.1. The van der Waals surface area contributed by atoms with E-state index in [-0.39, 0.29) is 36.3 Å². The van der Waals surface area contributed by atoms with Crippen molar-refractivity contribution in [3.63, 3.8) is 0 Å². The van der Waals surface area contributed by atoms with Crippen molar-refractivity contribution in [1.29, 1.82) is 0 Å². The minimum absolute atomic E-state index is 0.00341. The Morgan fingerprint density at radius 3 is 1.19 bits per heavy atom. The summed E-state index contributed by atoms with van der Waals surface area (Å²) in [4.78, 5) is 22.2. The van der Waals surface area contributed by atoms with Crippen molar-refractivity contribution in [2.24, 2.45) is 0 Å². The quantitative estimate of drug-likeness (QED) is 0.103. The van der Waals surface area contributed by atoms with Gasteiger partial charge in [0.2, 0.25) is 0 Å². The van der Waals surface area contributed by atoms with E-state index in [1.807, 2.05) is 0 Å². The molecule has 1 aromatic carbocycles. The van der Waals surface area contributed by atoms with E-state index in [1.54, 1.807) is 0 Å². The number of carboxylic acids is 2. The molecule has 0 unspecified atom stereocenters. The topological polar surface area (TPSA) is 83.8 Å². The normalized spacial score (nSPS) is 14.3. The van der Waals surface area contributed by atoms with Gasteiger partial charge in [-0.25, -0.2) is 9.59 Å². The van der Waals surface area contributed by atoms with Crippen LogP contribution < -0.4 is 4.74 Å². The van der Waals surface area contributed by atoms with Crippen molar-refractivity contribution in [2.75, 3.05) is 6.61 Å². The van der Waals surface area contributed by atoms with Gasteiger partial charge in [-0.2, -0.15) is 74.6 Å². The number of rotatable bonds is 20. The van der Waals surface area contributed by atoms with E-state index in [1.165, 1.54) is 0 Å². The molecule has 0 saturated carbocycles. The molecule has 0 amide bonds. The lowest BCUT2D eigenvalue weighted by Crippen LogP contribution is -2.74. The maximum Gasteiger partial charge on any atom is 0.460 e. The number of alkyl halides is 17. The molecule has 0 aliphatic heterocycles. The summed E-state index contributed by atoms with van der Waals surface area (Å²) in [5.74, 6) is -59.1. The van der Waals surface area contributed by atoms with Crippen molar-refractivity contribution in [3.8, 4) is 5.75 Å². The molecular weight excluding hydrogens is 715 g/mol. The van der Waals surface area contributed by atoms with Gasteiger partial charge in [-0.1, -0.05) is 38.5 Å². The minimum Gasteiger partial charge on any atom is -0.494 e. The van der Waals surface area contributed by atoms with Gasteiger partial charge in [0, 0.05) is 6.42 Å². The predicted octanol–water partition coefficient (Wildman–Crippen LogP) is 9.98. The molecule has 0 bridgehead atoms. The summed E-state index contributed by atoms with van der Waals surface area (Å²) in [6.45, 7) is 0.00341. The van der Waals surface area contributed by atoms with Gasteiger partial charge in [0.15, 0.2) is 0 Å². The van der Waals surface area contributed by atoms with Crippen LogP contribution in [0.25, 0.3) is 0 Å². The van der Waals surface area contributed by atoms with E-state index in [2.05, 4.69) is 0 Å². The Morgan fingerprint density at radius 2 is 0.812 bits per heavy atom. The van der Waals surface area contributed by atoms with Crippen molar-refractivity contribution >= 4 is 11.9 Å². The van der Waals surface area contributed by atoms with Gasteiger partial charge in [0.1, 0.15) is 5.75 Å². The fraction of sp³-hybridized carbons (Fsp3) is 0.692. The number of hydrogen-bond acceptors (Lipinski definition) is 3. The SMILES string of the molecule is O=C(O)c1cc(OCCCCCCCCCCC(F)(F)C(F)(F)C(F)(F)C(F)(F)C(F)(F)C(F)(F)C(F)(F)C(F)(F)F)cc(C(=O)O)c1. The molecule has 5 nitrogen and oxygen atoms in total. The summed E-state index contributed by atoms with van der Waals surface area (Å²) in [5.41, 5.74) is -0.701. The van der Waals surface area contributed by atoms with Crippen LogP contribution in [0.1, 0.15) is 78.5 Å². The summed E-state index contributed by atoms with van der Waals surface area (Å²) < 4.78 is 232. The molecule has 278 valence electrons. The maximum atomic E-state index is 13.9. The minimum atomic E-state index is -8.64. The first-order valence-corrected chi connectivity index (χ1v) is 13.4. The smallest absolute Gasteiger partial charge is 0.460 e. The molecule has 0 heterocycles. The van der Waals surface area contributed by atoms with Crippen LogP contribution >= 0.6 is 0 Å². The molecule has 22 heteroatoms. The molecule has 0 aromatic heterocycles. The van der Waals surface area contributed by atoms with Crippen molar-refractivity contribution in [3.05, 3.63) is 29.3 Å². The second kappa shape index (κ2) is 14.7. The molecular formula is C26H25F17O5. The standard InChI is InChI=1S/C26H25F17O5/c27-19(28,20(29,30)21(31,32)22(33,34)23(35,36)24(37,38)25(39,40)26(41,42)43)9-7-5-3-1-2-4-6-8-10-48-16-12-14(17(44)45)11-15(13-16)18(46)47/h11-13H,1-10H2,(H,44,45)(H,46,47). The highest BCUT2D eigenvalue weighted by molar-refractivity contribution is 5.94. The Balaban J connectivity index is 2.66. The Morgan fingerprint density at radius 1 is 0.479 bits per heavy atom. The predicted molar refractivity (Wildman–Crippen MR) is 128 cm³/mol. The van der Waals surface area contributed by atoms with Gasteiger partial charge in [0.05, 0.1) is 17.7 Å². The third-order valence-corrected chi connectivity index (χ3v) is 6.84. The number of unbranched alkanes of at least 4 members (excludes halogenated alkanes) is 7. The number of benzene rings is 1. The van der Waals surface area contributed by atoms with E-state index in [0.717, 1.165) is 18.2 Å². The monoisotopic (exact) mass is 740 g/mol. The van der Waals surface area contributed by atoms with Crippen LogP contribution in [0.5, 0.6) is 5.75 Å². The van der Waals surface area contributed by atoms with E-state index in [4.69, 9.17) is 14.9 Å². The van der Waals surface area contributed by atoms with Crippen molar-refractivity contribution in [1.82, 2.24) is 0 Å².